The van der Waals surface area contributed by atoms with Gasteiger partial charge in [-0.2, -0.15) is 0 Å². The summed E-state index contributed by atoms with van der Waals surface area (Å²) in [6, 6.07) is 8.19. The van der Waals surface area contributed by atoms with Crippen molar-refractivity contribution in [1.29, 1.82) is 0 Å². The van der Waals surface area contributed by atoms with Gasteiger partial charge in [-0.05, 0) is 42.9 Å². The first-order valence-electron chi connectivity index (χ1n) is 7.25. The van der Waals surface area contributed by atoms with E-state index >= 15 is 0 Å². The second-order valence-electron chi connectivity index (χ2n) is 5.93. The van der Waals surface area contributed by atoms with E-state index in [0.717, 1.165) is 18.6 Å². The van der Waals surface area contributed by atoms with Crippen molar-refractivity contribution in [3.8, 4) is 5.75 Å². The first-order valence-corrected chi connectivity index (χ1v) is 7.25. The lowest BCUT2D eigenvalue weighted by molar-refractivity contribution is -0.140. The number of methoxy groups -OCH3 is 1. The highest BCUT2D eigenvalue weighted by Crippen LogP contribution is 2.41. The van der Waals surface area contributed by atoms with E-state index in [2.05, 4.69) is 17.4 Å². The van der Waals surface area contributed by atoms with Gasteiger partial charge >= 0.3 is 5.97 Å². The maximum absolute atomic E-state index is 11.9. The van der Waals surface area contributed by atoms with Gasteiger partial charge < -0.3 is 15.2 Å². The summed E-state index contributed by atoms with van der Waals surface area (Å²) in [6.07, 6.45) is 2.32. The van der Waals surface area contributed by atoms with E-state index in [0.29, 0.717) is 12.3 Å². The first-order chi connectivity index (χ1) is 10.1. The highest BCUT2D eigenvalue weighted by Gasteiger charge is 2.49. The second kappa shape index (κ2) is 5.39. The Morgan fingerprint density at radius 3 is 2.33 bits per heavy atom. The Morgan fingerprint density at radius 1 is 1.14 bits per heavy atom. The van der Waals surface area contributed by atoms with Crippen molar-refractivity contribution in [3.05, 3.63) is 29.8 Å². The minimum atomic E-state index is -0.861. The number of carbonyl (C=O) groups excluding carboxylic acids is 1. The largest absolute Gasteiger partial charge is 0.497 e. The van der Waals surface area contributed by atoms with Gasteiger partial charge in [-0.25, -0.2) is 0 Å². The average Bonchev–Trinajstić information content (AvgIpc) is 3.23. The van der Waals surface area contributed by atoms with E-state index in [9.17, 15) is 9.59 Å². The van der Waals surface area contributed by atoms with Gasteiger partial charge in [0, 0.05) is 6.04 Å². The number of amides is 1. The minimum Gasteiger partial charge on any atom is -0.497 e. The van der Waals surface area contributed by atoms with E-state index < -0.39 is 11.9 Å². The number of ether oxygens (including phenoxy) is 1. The van der Waals surface area contributed by atoms with Crippen LogP contribution in [0.5, 0.6) is 5.75 Å². The van der Waals surface area contributed by atoms with E-state index in [1.54, 1.807) is 7.11 Å². The predicted octanol–water partition coefficient (Wildman–Crippen LogP) is 1.78. The number of carboxylic acid groups (broad SMARTS) is 1. The van der Waals surface area contributed by atoms with Gasteiger partial charge in [0.05, 0.1) is 18.9 Å². The Hall–Kier alpha value is -2.04. The van der Waals surface area contributed by atoms with E-state index in [4.69, 9.17) is 9.84 Å². The van der Waals surface area contributed by atoms with Gasteiger partial charge in [0.2, 0.25) is 5.91 Å². The third kappa shape index (κ3) is 2.86. The van der Waals surface area contributed by atoms with Gasteiger partial charge in [-0.3, -0.25) is 9.59 Å². The van der Waals surface area contributed by atoms with Crippen molar-refractivity contribution in [2.45, 2.75) is 31.2 Å². The van der Waals surface area contributed by atoms with Crippen LogP contribution >= 0.6 is 0 Å². The average molecular weight is 289 g/mol. The zero-order valence-corrected chi connectivity index (χ0v) is 11.9. The van der Waals surface area contributed by atoms with Crippen LogP contribution in [0, 0.1) is 11.8 Å². The third-order valence-electron chi connectivity index (χ3n) is 4.52. The number of hydrogen-bond acceptors (Lipinski definition) is 3. The molecular weight excluding hydrogens is 270 g/mol. The molecule has 0 aliphatic heterocycles. The molecule has 2 fully saturated rings. The molecule has 0 radical (unpaired) electrons. The molecule has 2 unspecified atom stereocenters. The van der Waals surface area contributed by atoms with Gasteiger partial charge in [0.15, 0.2) is 0 Å². The molecule has 2 saturated carbocycles. The maximum atomic E-state index is 11.9. The van der Waals surface area contributed by atoms with Crippen LogP contribution in [0.25, 0.3) is 0 Å². The van der Waals surface area contributed by atoms with Gasteiger partial charge in [-0.15, -0.1) is 0 Å². The lowest BCUT2D eigenvalue weighted by Gasteiger charge is -2.36. The normalized spacial score (nSPS) is 30.1. The number of nitrogens with one attached hydrogen (secondary N) is 1. The number of hydrogen-bond donors (Lipinski definition) is 2. The molecule has 2 aliphatic carbocycles. The lowest BCUT2D eigenvalue weighted by Crippen LogP contribution is -2.44. The van der Waals surface area contributed by atoms with Gasteiger partial charge in [-0.1, -0.05) is 12.1 Å². The molecule has 112 valence electrons. The molecular formula is C16H19NO4. The molecule has 2 aliphatic rings. The molecule has 21 heavy (non-hydrogen) atoms. The topological polar surface area (TPSA) is 75.6 Å². The fourth-order valence-corrected chi connectivity index (χ4v) is 2.95. The highest BCUT2D eigenvalue weighted by molar-refractivity contribution is 5.89. The molecule has 0 aromatic heterocycles. The summed E-state index contributed by atoms with van der Waals surface area (Å²) in [4.78, 5) is 22.6. The van der Waals surface area contributed by atoms with Crippen LogP contribution in [0.3, 0.4) is 0 Å². The summed E-state index contributed by atoms with van der Waals surface area (Å²) in [5.41, 5.74) is 1.26. The highest BCUT2D eigenvalue weighted by atomic mass is 16.5. The molecule has 1 aromatic rings. The fourth-order valence-electron chi connectivity index (χ4n) is 2.95. The second-order valence-corrected chi connectivity index (χ2v) is 5.93. The van der Waals surface area contributed by atoms with Crippen molar-refractivity contribution in [1.82, 2.24) is 5.32 Å². The molecule has 0 bridgehead atoms. The van der Waals surface area contributed by atoms with Crippen molar-refractivity contribution in [3.63, 3.8) is 0 Å². The Labute approximate surface area is 123 Å². The third-order valence-corrected chi connectivity index (χ3v) is 4.52. The summed E-state index contributed by atoms with van der Waals surface area (Å²) in [5.74, 6) is -0.433. The van der Waals surface area contributed by atoms with Crippen LogP contribution in [-0.2, 0) is 9.59 Å². The smallest absolute Gasteiger partial charge is 0.307 e. The molecule has 0 saturated heterocycles. The molecule has 5 heteroatoms. The van der Waals surface area contributed by atoms with Crippen LogP contribution in [-0.4, -0.2) is 30.1 Å². The molecule has 2 N–H and O–H groups in total. The number of rotatable bonds is 5. The summed E-state index contributed by atoms with van der Waals surface area (Å²) >= 11 is 0. The predicted molar refractivity (Wildman–Crippen MR) is 76.1 cm³/mol. The molecule has 1 aromatic carbocycles. The zero-order valence-electron chi connectivity index (χ0n) is 11.9. The van der Waals surface area contributed by atoms with Crippen LogP contribution in [0.4, 0.5) is 0 Å². The Kier molecular flexibility index (Phi) is 3.57. The molecule has 0 spiro atoms. The Morgan fingerprint density at radius 2 is 1.81 bits per heavy atom. The lowest BCUT2D eigenvalue weighted by atomic mass is 9.76. The summed E-state index contributed by atoms with van der Waals surface area (Å²) in [6.45, 7) is 0. The van der Waals surface area contributed by atoms with E-state index in [-0.39, 0.29) is 17.9 Å². The molecule has 0 heterocycles. The quantitative estimate of drug-likeness (QED) is 0.866. The van der Waals surface area contributed by atoms with Crippen molar-refractivity contribution in [2.24, 2.45) is 11.8 Å². The first kappa shape index (κ1) is 13.9. The SMILES string of the molecule is COc1ccc(C2CC(NC(=O)C3CC3C(=O)O)C2)cc1. The van der Waals surface area contributed by atoms with Crippen molar-refractivity contribution in [2.75, 3.05) is 7.11 Å². The summed E-state index contributed by atoms with van der Waals surface area (Å²) < 4.78 is 5.13. The van der Waals surface area contributed by atoms with Crippen LogP contribution in [0.1, 0.15) is 30.7 Å². The van der Waals surface area contributed by atoms with Crippen molar-refractivity contribution < 1.29 is 19.4 Å². The molecule has 1 amide bonds. The van der Waals surface area contributed by atoms with E-state index in [1.165, 1.54) is 5.56 Å². The summed E-state index contributed by atoms with van der Waals surface area (Å²) in [5, 5.41) is 11.8. The molecule has 5 nitrogen and oxygen atoms in total. The number of carbonyl (C=O) groups is 2. The number of carboxylic acids is 1. The van der Waals surface area contributed by atoms with Crippen LogP contribution < -0.4 is 10.1 Å². The van der Waals surface area contributed by atoms with Gasteiger partial charge in [0.1, 0.15) is 5.75 Å². The van der Waals surface area contributed by atoms with Crippen LogP contribution in [0.2, 0.25) is 0 Å². The number of aliphatic carboxylic acids is 1. The standard InChI is InChI=1S/C16H19NO4/c1-21-12-4-2-9(3-5-12)10-6-11(7-10)17-15(18)13-8-14(13)16(19)20/h2-5,10-11,13-14H,6-8H2,1H3,(H,17,18)(H,19,20). The number of benzene rings is 1. The van der Waals surface area contributed by atoms with Crippen molar-refractivity contribution >= 4 is 11.9 Å². The Bertz CT molecular complexity index is 548. The zero-order chi connectivity index (χ0) is 15.0. The van der Waals surface area contributed by atoms with Crippen LogP contribution in [0.15, 0.2) is 24.3 Å². The van der Waals surface area contributed by atoms with E-state index in [1.807, 2.05) is 12.1 Å². The summed E-state index contributed by atoms with van der Waals surface area (Å²) in [7, 11) is 1.65. The maximum Gasteiger partial charge on any atom is 0.307 e. The van der Waals surface area contributed by atoms with Gasteiger partial charge in [0.25, 0.3) is 0 Å². The minimum absolute atomic E-state index is 0.0967. The Balaban J connectivity index is 1.45. The molecule has 2 atom stereocenters. The molecule has 3 rings (SSSR count). The fraction of sp³-hybridized carbons (Fsp3) is 0.500. The monoisotopic (exact) mass is 289 g/mol.